The second-order valence-electron chi connectivity index (χ2n) is 5.11. The third kappa shape index (κ3) is 2.53. The number of benzene rings is 2. The Morgan fingerprint density at radius 2 is 1.96 bits per heavy atom. The van der Waals surface area contributed by atoms with Gasteiger partial charge in [0.05, 0.1) is 23.7 Å². The molecule has 0 spiro atoms. The van der Waals surface area contributed by atoms with Crippen molar-refractivity contribution < 1.29 is 23.1 Å². The number of rotatable bonds is 4. The Kier molecular flexibility index (Phi) is 3.73. The molecule has 0 saturated heterocycles. The molecule has 0 atom stereocenters. The monoisotopic (exact) mass is 332 g/mol. The second-order valence-corrected chi connectivity index (χ2v) is 6.97. The van der Waals surface area contributed by atoms with Crippen LogP contribution in [-0.4, -0.2) is 28.0 Å². The van der Waals surface area contributed by atoms with E-state index in [0.29, 0.717) is 18.7 Å². The quantitative estimate of drug-likeness (QED) is 0.827. The second kappa shape index (κ2) is 5.58. The Hall–Kier alpha value is -2.54. The number of fused-ring (bicyclic) bond motifs is 1. The number of sulfonamides is 1. The summed E-state index contributed by atoms with van der Waals surface area (Å²) in [5, 5.41) is 11.2. The number of ether oxygens (including phenoxy) is 1. The van der Waals surface area contributed by atoms with Gasteiger partial charge in [-0.15, -0.1) is 0 Å². The Bertz CT molecular complexity index is 876. The maximum absolute atomic E-state index is 12.8. The molecule has 0 aliphatic carbocycles. The normalized spacial score (nSPS) is 13.7. The summed E-state index contributed by atoms with van der Waals surface area (Å²) in [7, 11) is -2.53. The molecule has 7 heteroatoms. The Balaban J connectivity index is 2.08. The zero-order chi connectivity index (χ0) is 16.6. The summed E-state index contributed by atoms with van der Waals surface area (Å²) in [5.41, 5.74) is 1.28. The van der Waals surface area contributed by atoms with Crippen molar-refractivity contribution in [1.29, 1.82) is 0 Å². The molecule has 120 valence electrons. The van der Waals surface area contributed by atoms with Crippen molar-refractivity contribution in [3.8, 4) is 5.75 Å². The molecule has 23 heavy (non-hydrogen) atoms. The molecular weight excluding hydrogens is 318 g/mol. The third-order valence-electron chi connectivity index (χ3n) is 3.82. The first-order valence-electron chi connectivity index (χ1n) is 6.95. The van der Waals surface area contributed by atoms with E-state index in [1.54, 1.807) is 12.1 Å². The topological polar surface area (TPSA) is 86.7 Å². The molecule has 0 radical (unpaired) electrons. The van der Waals surface area contributed by atoms with Gasteiger partial charge < -0.3 is 14.6 Å². The largest absolute Gasteiger partial charge is 0.545 e. The van der Waals surface area contributed by atoms with Crippen LogP contribution in [0.3, 0.4) is 0 Å². The number of carboxylic acids is 1. The minimum absolute atomic E-state index is 0.0609. The van der Waals surface area contributed by atoms with Gasteiger partial charge in [0.15, 0.2) is 0 Å². The van der Waals surface area contributed by atoms with E-state index in [0.717, 1.165) is 11.6 Å². The molecule has 3 rings (SSSR count). The fourth-order valence-corrected chi connectivity index (χ4v) is 4.22. The first-order valence-corrected chi connectivity index (χ1v) is 8.39. The van der Waals surface area contributed by atoms with E-state index in [4.69, 9.17) is 4.74 Å². The summed E-state index contributed by atoms with van der Waals surface area (Å²) in [6.07, 6.45) is 0.624. The molecule has 0 bridgehead atoms. The molecule has 1 aliphatic heterocycles. The van der Waals surface area contributed by atoms with E-state index in [-0.39, 0.29) is 16.2 Å². The fraction of sp³-hybridized carbons (Fsp3) is 0.188. The SMILES string of the molecule is COc1ccc(S(=O)(=O)N2CCc3ccccc32)cc1C(=O)[O-]. The molecule has 6 nitrogen and oxygen atoms in total. The van der Waals surface area contributed by atoms with E-state index in [1.165, 1.54) is 23.5 Å². The van der Waals surface area contributed by atoms with E-state index in [1.807, 2.05) is 12.1 Å². The highest BCUT2D eigenvalue weighted by Crippen LogP contribution is 2.33. The van der Waals surface area contributed by atoms with Crippen LogP contribution in [0.4, 0.5) is 5.69 Å². The maximum Gasteiger partial charge on any atom is 0.264 e. The van der Waals surface area contributed by atoms with Gasteiger partial charge >= 0.3 is 0 Å². The number of hydrogen-bond acceptors (Lipinski definition) is 5. The summed E-state index contributed by atoms with van der Waals surface area (Å²) in [6, 6.07) is 11.0. The first-order chi connectivity index (χ1) is 10.9. The highest BCUT2D eigenvalue weighted by Gasteiger charge is 2.31. The van der Waals surface area contributed by atoms with Crippen LogP contribution in [0.5, 0.6) is 5.75 Å². The number of para-hydroxylation sites is 1. The lowest BCUT2D eigenvalue weighted by molar-refractivity contribution is -0.255. The molecule has 1 aliphatic rings. The molecule has 0 aromatic heterocycles. The number of carbonyl (C=O) groups is 1. The zero-order valence-electron chi connectivity index (χ0n) is 12.4. The highest BCUT2D eigenvalue weighted by atomic mass is 32.2. The van der Waals surface area contributed by atoms with Crippen molar-refractivity contribution >= 4 is 21.7 Å². The standard InChI is InChI=1S/C16H15NO5S/c1-22-15-7-6-12(10-13(15)16(18)19)23(20,21)17-9-8-11-4-2-3-5-14(11)17/h2-7,10H,8-9H2,1H3,(H,18,19)/p-1. The van der Waals surface area contributed by atoms with Crippen molar-refractivity contribution in [2.45, 2.75) is 11.3 Å². The lowest BCUT2D eigenvalue weighted by Gasteiger charge is -2.20. The highest BCUT2D eigenvalue weighted by molar-refractivity contribution is 7.92. The lowest BCUT2D eigenvalue weighted by Crippen LogP contribution is -2.30. The van der Waals surface area contributed by atoms with Gasteiger partial charge in [-0.2, -0.15) is 0 Å². The Morgan fingerprint density at radius 1 is 1.22 bits per heavy atom. The van der Waals surface area contributed by atoms with Gasteiger partial charge in [-0.05, 0) is 36.2 Å². The van der Waals surface area contributed by atoms with Crippen LogP contribution in [0.25, 0.3) is 0 Å². The minimum atomic E-state index is -3.85. The Labute approximate surface area is 134 Å². The van der Waals surface area contributed by atoms with Crippen molar-refractivity contribution in [2.24, 2.45) is 0 Å². The van der Waals surface area contributed by atoms with Gasteiger partial charge in [-0.1, -0.05) is 18.2 Å². The summed E-state index contributed by atoms with van der Waals surface area (Å²) < 4.78 is 31.9. The van der Waals surface area contributed by atoms with Crippen LogP contribution in [0.15, 0.2) is 47.4 Å². The number of nitrogens with zero attached hydrogens (tertiary/aromatic N) is 1. The van der Waals surface area contributed by atoms with Crippen molar-refractivity contribution in [3.63, 3.8) is 0 Å². The van der Waals surface area contributed by atoms with Crippen molar-refractivity contribution in [1.82, 2.24) is 0 Å². The van der Waals surface area contributed by atoms with Crippen LogP contribution in [-0.2, 0) is 16.4 Å². The van der Waals surface area contributed by atoms with E-state index in [2.05, 4.69) is 0 Å². The van der Waals surface area contributed by atoms with Crippen molar-refractivity contribution in [2.75, 3.05) is 18.0 Å². The molecular formula is C16H14NO5S-. The van der Waals surface area contributed by atoms with Gasteiger partial charge in [-0.25, -0.2) is 8.42 Å². The van der Waals surface area contributed by atoms with Crippen LogP contribution in [0.2, 0.25) is 0 Å². The Morgan fingerprint density at radius 3 is 2.65 bits per heavy atom. The smallest absolute Gasteiger partial charge is 0.264 e. The van der Waals surface area contributed by atoms with Gasteiger partial charge in [0, 0.05) is 12.1 Å². The molecule has 0 fully saturated rings. The lowest BCUT2D eigenvalue weighted by atomic mass is 10.2. The van der Waals surface area contributed by atoms with E-state index >= 15 is 0 Å². The molecule has 0 amide bonds. The number of aromatic carboxylic acids is 1. The number of carbonyl (C=O) groups excluding carboxylic acids is 1. The molecule has 0 N–H and O–H groups in total. The summed E-state index contributed by atoms with van der Waals surface area (Å²) in [4.78, 5) is 11.1. The van der Waals surface area contributed by atoms with Gasteiger partial charge in [0.1, 0.15) is 5.75 Å². The van der Waals surface area contributed by atoms with E-state index < -0.39 is 16.0 Å². The average molecular weight is 332 g/mol. The molecule has 2 aromatic rings. The van der Waals surface area contributed by atoms with Crippen LogP contribution < -0.4 is 14.1 Å². The maximum atomic E-state index is 12.8. The first kappa shape index (κ1) is 15.4. The predicted octanol–water partition coefficient (Wildman–Crippen LogP) is 0.810. The van der Waals surface area contributed by atoms with Crippen molar-refractivity contribution in [3.05, 3.63) is 53.6 Å². The zero-order valence-corrected chi connectivity index (χ0v) is 13.2. The third-order valence-corrected chi connectivity index (χ3v) is 5.63. The number of methoxy groups -OCH3 is 1. The molecule has 2 aromatic carbocycles. The van der Waals surface area contributed by atoms with Gasteiger partial charge in [-0.3, -0.25) is 4.31 Å². The number of carboxylic acid groups (broad SMARTS) is 1. The predicted molar refractivity (Wildman–Crippen MR) is 82.0 cm³/mol. The number of hydrogen-bond donors (Lipinski definition) is 0. The summed E-state index contributed by atoms with van der Waals surface area (Å²) in [6.45, 7) is 0.328. The summed E-state index contributed by atoms with van der Waals surface area (Å²) in [5.74, 6) is -1.42. The molecule has 0 unspecified atom stereocenters. The molecule has 0 saturated carbocycles. The fourth-order valence-electron chi connectivity index (χ4n) is 2.69. The van der Waals surface area contributed by atoms with E-state index in [9.17, 15) is 18.3 Å². The minimum Gasteiger partial charge on any atom is -0.545 e. The summed E-state index contributed by atoms with van der Waals surface area (Å²) >= 11 is 0. The average Bonchev–Trinajstić information content (AvgIpc) is 2.98. The van der Waals surface area contributed by atoms with Gasteiger partial charge in [0.2, 0.25) is 0 Å². The number of anilines is 1. The molecule has 1 heterocycles. The van der Waals surface area contributed by atoms with Crippen LogP contribution in [0.1, 0.15) is 15.9 Å². The van der Waals surface area contributed by atoms with Gasteiger partial charge in [0.25, 0.3) is 10.0 Å². The van der Waals surface area contributed by atoms with Crippen LogP contribution in [0, 0.1) is 0 Å². The van der Waals surface area contributed by atoms with Crippen LogP contribution >= 0.6 is 0 Å².